The molecule has 0 fully saturated rings. The lowest BCUT2D eigenvalue weighted by Gasteiger charge is -2.07. The summed E-state index contributed by atoms with van der Waals surface area (Å²) in [5.41, 5.74) is 3.80. The van der Waals surface area contributed by atoms with Crippen LogP contribution in [0.2, 0.25) is 0 Å². The Morgan fingerprint density at radius 1 is 1.00 bits per heavy atom. The zero-order valence-corrected chi connectivity index (χ0v) is 12.3. The van der Waals surface area contributed by atoms with Gasteiger partial charge in [-0.3, -0.25) is 10.1 Å². The van der Waals surface area contributed by atoms with Crippen molar-refractivity contribution in [1.82, 2.24) is 0 Å². The molecular formula is C14H12INO2. The molecular weight excluding hydrogens is 341 g/mol. The SMILES string of the molecule is Cc1ccc(-c2ccc(C)cc2[N+](=O)[O-])c(I)c1. The van der Waals surface area contributed by atoms with Gasteiger partial charge in [0.2, 0.25) is 0 Å². The molecule has 0 heterocycles. The normalized spacial score (nSPS) is 10.4. The van der Waals surface area contributed by atoms with Crippen LogP contribution in [0.15, 0.2) is 36.4 Å². The highest BCUT2D eigenvalue weighted by Crippen LogP contribution is 2.33. The molecule has 92 valence electrons. The Kier molecular flexibility index (Phi) is 3.65. The zero-order chi connectivity index (χ0) is 13.3. The number of nitro groups is 1. The summed E-state index contributed by atoms with van der Waals surface area (Å²) in [6.07, 6.45) is 0. The van der Waals surface area contributed by atoms with E-state index in [2.05, 4.69) is 22.6 Å². The fraction of sp³-hybridized carbons (Fsp3) is 0.143. The van der Waals surface area contributed by atoms with E-state index in [-0.39, 0.29) is 10.6 Å². The third-order valence-electron chi connectivity index (χ3n) is 2.76. The third kappa shape index (κ3) is 2.53. The van der Waals surface area contributed by atoms with E-state index in [0.29, 0.717) is 5.56 Å². The highest BCUT2D eigenvalue weighted by Gasteiger charge is 2.17. The van der Waals surface area contributed by atoms with Crippen molar-refractivity contribution in [3.05, 3.63) is 61.2 Å². The molecule has 2 aromatic rings. The molecule has 0 aliphatic heterocycles. The summed E-state index contributed by atoms with van der Waals surface area (Å²) in [6.45, 7) is 3.87. The summed E-state index contributed by atoms with van der Waals surface area (Å²) in [5.74, 6) is 0. The first kappa shape index (κ1) is 13.0. The number of aryl methyl sites for hydroxylation is 2. The highest BCUT2D eigenvalue weighted by atomic mass is 127. The van der Waals surface area contributed by atoms with Gasteiger partial charge < -0.3 is 0 Å². The average Bonchev–Trinajstić information content (AvgIpc) is 2.29. The molecule has 3 nitrogen and oxygen atoms in total. The number of rotatable bonds is 2. The van der Waals surface area contributed by atoms with Gasteiger partial charge in [0.15, 0.2) is 0 Å². The van der Waals surface area contributed by atoms with Crippen LogP contribution in [-0.4, -0.2) is 4.92 Å². The molecule has 0 unspecified atom stereocenters. The predicted molar refractivity (Wildman–Crippen MR) is 80.7 cm³/mol. The van der Waals surface area contributed by atoms with E-state index < -0.39 is 0 Å². The Hall–Kier alpha value is -1.43. The van der Waals surface area contributed by atoms with Crippen LogP contribution in [0.25, 0.3) is 11.1 Å². The molecule has 0 N–H and O–H groups in total. The van der Waals surface area contributed by atoms with Gasteiger partial charge in [-0.2, -0.15) is 0 Å². The first-order valence-electron chi connectivity index (χ1n) is 5.50. The van der Waals surface area contributed by atoms with Crippen LogP contribution in [0.4, 0.5) is 5.69 Å². The number of hydrogen-bond donors (Lipinski definition) is 0. The van der Waals surface area contributed by atoms with Crippen LogP contribution in [0, 0.1) is 27.5 Å². The summed E-state index contributed by atoms with van der Waals surface area (Å²) >= 11 is 2.22. The second-order valence-electron chi connectivity index (χ2n) is 4.26. The summed E-state index contributed by atoms with van der Waals surface area (Å²) in [5, 5.41) is 11.1. The average molecular weight is 353 g/mol. The maximum absolute atomic E-state index is 11.1. The minimum Gasteiger partial charge on any atom is -0.258 e. The number of nitrogens with zero attached hydrogens (tertiary/aromatic N) is 1. The number of hydrogen-bond acceptors (Lipinski definition) is 2. The van der Waals surface area contributed by atoms with E-state index in [1.165, 1.54) is 0 Å². The second kappa shape index (κ2) is 5.06. The van der Waals surface area contributed by atoms with Gasteiger partial charge in [-0.1, -0.05) is 23.8 Å². The van der Waals surface area contributed by atoms with E-state index in [0.717, 1.165) is 20.3 Å². The van der Waals surface area contributed by atoms with E-state index in [1.54, 1.807) is 6.07 Å². The summed E-state index contributed by atoms with van der Waals surface area (Å²) < 4.78 is 1.03. The minimum atomic E-state index is -0.321. The van der Waals surface area contributed by atoms with Crippen LogP contribution >= 0.6 is 22.6 Å². The lowest BCUT2D eigenvalue weighted by Crippen LogP contribution is -1.94. The molecule has 2 rings (SSSR count). The van der Waals surface area contributed by atoms with Gasteiger partial charge in [-0.05, 0) is 54.1 Å². The number of benzene rings is 2. The lowest BCUT2D eigenvalue weighted by atomic mass is 10.0. The Bertz CT molecular complexity index is 623. The van der Waals surface area contributed by atoms with Crippen molar-refractivity contribution in [2.24, 2.45) is 0 Å². The van der Waals surface area contributed by atoms with E-state index in [9.17, 15) is 10.1 Å². The van der Waals surface area contributed by atoms with Crippen molar-refractivity contribution >= 4 is 28.3 Å². The number of nitro benzene ring substituents is 1. The number of halogens is 1. The molecule has 0 atom stereocenters. The monoisotopic (exact) mass is 353 g/mol. The Labute approximate surface area is 119 Å². The first-order chi connectivity index (χ1) is 8.49. The summed E-state index contributed by atoms with van der Waals surface area (Å²) in [6, 6.07) is 11.3. The molecule has 18 heavy (non-hydrogen) atoms. The van der Waals surface area contributed by atoms with Gasteiger partial charge >= 0.3 is 0 Å². The maximum atomic E-state index is 11.1. The predicted octanol–water partition coefficient (Wildman–Crippen LogP) is 4.48. The van der Waals surface area contributed by atoms with Crippen molar-refractivity contribution in [3.63, 3.8) is 0 Å². The van der Waals surface area contributed by atoms with Crippen molar-refractivity contribution in [1.29, 1.82) is 0 Å². The van der Waals surface area contributed by atoms with Crippen molar-refractivity contribution < 1.29 is 4.92 Å². The smallest absolute Gasteiger partial charge is 0.258 e. The maximum Gasteiger partial charge on any atom is 0.277 e. The largest absolute Gasteiger partial charge is 0.277 e. The molecule has 0 spiro atoms. The van der Waals surface area contributed by atoms with Crippen LogP contribution in [0.3, 0.4) is 0 Å². The van der Waals surface area contributed by atoms with Gasteiger partial charge in [0.1, 0.15) is 0 Å². The van der Waals surface area contributed by atoms with Crippen LogP contribution in [0.1, 0.15) is 11.1 Å². The van der Waals surface area contributed by atoms with Gasteiger partial charge in [0.25, 0.3) is 5.69 Å². The van der Waals surface area contributed by atoms with E-state index in [1.807, 2.05) is 44.2 Å². The topological polar surface area (TPSA) is 43.1 Å². The molecule has 0 bridgehead atoms. The van der Waals surface area contributed by atoms with Crippen molar-refractivity contribution in [3.8, 4) is 11.1 Å². The Morgan fingerprint density at radius 2 is 1.56 bits per heavy atom. The molecule has 2 aromatic carbocycles. The van der Waals surface area contributed by atoms with Gasteiger partial charge in [0.05, 0.1) is 10.5 Å². The third-order valence-corrected chi connectivity index (χ3v) is 3.66. The van der Waals surface area contributed by atoms with Crippen LogP contribution in [0.5, 0.6) is 0 Å². The lowest BCUT2D eigenvalue weighted by molar-refractivity contribution is -0.384. The molecule has 0 amide bonds. The Morgan fingerprint density at radius 3 is 2.11 bits per heavy atom. The van der Waals surface area contributed by atoms with E-state index >= 15 is 0 Å². The summed E-state index contributed by atoms with van der Waals surface area (Å²) in [4.78, 5) is 10.8. The first-order valence-corrected chi connectivity index (χ1v) is 6.58. The molecule has 0 radical (unpaired) electrons. The standard InChI is InChI=1S/C14H12INO2/c1-9-3-5-11(13(15)7-9)12-6-4-10(2)8-14(12)16(17)18/h3-8H,1-2H3. The van der Waals surface area contributed by atoms with Crippen LogP contribution in [-0.2, 0) is 0 Å². The fourth-order valence-corrected chi connectivity index (χ4v) is 2.82. The molecule has 0 aliphatic carbocycles. The summed E-state index contributed by atoms with van der Waals surface area (Å²) in [7, 11) is 0. The van der Waals surface area contributed by atoms with Gasteiger partial charge in [-0.25, -0.2) is 0 Å². The van der Waals surface area contributed by atoms with Gasteiger partial charge in [0, 0.05) is 15.2 Å². The minimum absolute atomic E-state index is 0.164. The van der Waals surface area contributed by atoms with Gasteiger partial charge in [-0.15, -0.1) is 0 Å². The quantitative estimate of drug-likeness (QED) is 0.454. The van der Waals surface area contributed by atoms with Crippen LogP contribution < -0.4 is 0 Å². The molecule has 0 saturated heterocycles. The Balaban J connectivity index is 2.67. The van der Waals surface area contributed by atoms with Crippen molar-refractivity contribution in [2.75, 3.05) is 0 Å². The molecule has 0 aliphatic rings. The second-order valence-corrected chi connectivity index (χ2v) is 5.42. The van der Waals surface area contributed by atoms with E-state index in [4.69, 9.17) is 0 Å². The molecule has 4 heteroatoms. The zero-order valence-electron chi connectivity index (χ0n) is 10.1. The van der Waals surface area contributed by atoms with Crippen molar-refractivity contribution in [2.45, 2.75) is 13.8 Å². The molecule has 0 aromatic heterocycles. The highest BCUT2D eigenvalue weighted by molar-refractivity contribution is 14.1. The fourth-order valence-electron chi connectivity index (χ4n) is 1.86. The molecule has 0 saturated carbocycles.